The van der Waals surface area contributed by atoms with E-state index in [-0.39, 0.29) is 18.4 Å². The molecule has 1 aromatic rings. The largest absolute Gasteiger partial charge is 0.382 e. The number of ether oxygens (including phenoxy) is 1. The molecule has 0 spiro atoms. The monoisotopic (exact) mass is 278 g/mol. The van der Waals surface area contributed by atoms with Gasteiger partial charge in [-0.1, -0.05) is 31.2 Å². The molecule has 0 aliphatic rings. The molecule has 0 aliphatic carbocycles. The van der Waals surface area contributed by atoms with E-state index in [9.17, 15) is 9.59 Å². The summed E-state index contributed by atoms with van der Waals surface area (Å²) in [5.74, 6) is -0.504. The molecule has 0 aliphatic heterocycles. The average Bonchev–Trinajstić information content (AvgIpc) is 2.44. The highest BCUT2D eigenvalue weighted by Gasteiger charge is 2.18. The quantitative estimate of drug-likeness (QED) is 0.782. The third-order valence-corrected chi connectivity index (χ3v) is 2.93. The molecule has 0 bridgehead atoms. The molecule has 0 heterocycles. The highest BCUT2D eigenvalue weighted by atomic mass is 16.5. The number of nitrogens with one attached hydrogen (secondary N) is 2. The van der Waals surface area contributed by atoms with Crippen LogP contribution in [0.5, 0.6) is 0 Å². The van der Waals surface area contributed by atoms with E-state index < -0.39 is 6.04 Å². The third-order valence-electron chi connectivity index (χ3n) is 2.93. The first-order valence-corrected chi connectivity index (χ1v) is 6.68. The summed E-state index contributed by atoms with van der Waals surface area (Å²) in [5, 5.41) is 5.35. The predicted octanol–water partition coefficient (Wildman–Crippen LogP) is 1.02. The smallest absolute Gasteiger partial charge is 0.245 e. The summed E-state index contributed by atoms with van der Waals surface area (Å²) < 4.78 is 4.93. The molecule has 5 heteroatoms. The van der Waals surface area contributed by atoms with E-state index in [2.05, 4.69) is 17.6 Å². The van der Waals surface area contributed by atoms with Crippen LogP contribution >= 0.6 is 0 Å². The Morgan fingerprint density at radius 2 is 1.80 bits per heavy atom. The van der Waals surface area contributed by atoms with Gasteiger partial charge in [0.25, 0.3) is 0 Å². The number of methoxy groups -OCH3 is 1. The second kappa shape index (κ2) is 8.32. The molecule has 2 amide bonds. The zero-order chi connectivity index (χ0) is 15.0. The van der Waals surface area contributed by atoms with Gasteiger partial charge in [0.1, 0.15) is 6.04 Å². The number of carbonyl (C=O) groups excluding carboxylic acids is 2. The maximum Gasteiger partial charge on any atom is 0.245 e. The van der Waals surface area contributed by atoms with Crippen LogP contribution in [0.4, 0.5) is 0 Å². The van der Waals surface area contributed by atoms with Crippen LogP contribution in [0.3, 0.4) is 0 Å². The van der Waals surface area contributed by atoms with Crippen molar-refractivity contribution in [3.63, 3.8) is 0 Å². The maximum atomic E-state index is 12.0. The van der Waals surface area contributed by atoms with Crippen LogP contribution in [-0.4, -0.2) is 31.6 Å². The standard InChI is InChI=1S/C15H22N2O3/c1-4-12-5-7-13(8-6-12)9-16-15(19)14(10-20-3)17-11(2)18/h5-8,14H,4,9-10H2,1-3H3,(H,16,19)(H,17,18)/t14-/m0/s1. The van der Waals surface area contributed by atoms with E-state index in [4.69, 9.17) is 4.74 Å². The Bertz CT molecular complexity index is 443. The lowest BCUT2D eigenvalue weighted by Gasteiger charge is -2.16. The fraction of sp³-hybridized carbons (Fsp3) is 0.467. The van der Waals surface area contributed by atoms with Crippen LogP contribution < -0.4 is 10.6 Å². The molecule has 0 saturated carbocycles. The molecule has 0 unspecified atom stereocenters. The minimum atomic E-state index is -0.660. The van der Waals surface area contributed by atoms with Gasteiger partial charge in [-0.15, -0.1) is 0 Å². The van der Waals surface area contributed by atoms with Gasteiger partial charge in [0.05, 0.1) is 6.61 Å². The Morgan fingerprint density at radius 1 is 1.20 bits per heavy atom. The lowest BCUT2D eigenvalue weighted by atomic mass is 10.1. The maximum absolute atomic E-state index is 12.0. The Hall–Kier alpha value is -1.88. The van der Waals surface area contributed by atoms with Crippen molar-refractivity contribution in [3.8, 4) is 0 Å². The summed E-state index contributed by atoms with van der Waals surface area (Å²) in [6.07, 6.45) is 0.991. The molecule has 1 rings (SSSR count). The van der Waals surface area contributed by atoms with E-state index in [0.29, 0.717) is 6.54 Å². The van der Waals surface area contributed by atoms with Gasteiger partial charge < -0.3 is 15.4 Å². The predicted molar refractivity (Wildman–Crippen MR) is 77.1 cm³/mol. The molecule has 5 nitrogen and oxygen atoms in total. The number of amides is 2. The molecule has 0 fully saturated rings. The molecule has 110 valence electrons. The highest BCUT2D eigenvalue weighted by molar-refractivity contribution is 5.86. The molecule has 0 saturated heterocycles. The van der Waals surface area contributed by atoms with Crippen molar-refractivity contribution < 1.29 is 14.3 Å². The van der Waals surface area contributed by atoms with Gasteiger partial charge in [-0.2, -0.15) is 0 Å². The summed E-state index contributed by atoms with van der Waals surface area (Å²) in [6, 6.07) is 7.41. The number of carbonyl (C=O) groups is 2. The first-order chi connectivity index (χ1) is 9.56. The molecule has 2 N–H and O–H groups in total. The van der Waals surface area contributed by atoms with Gasteiger partial charge in [0.15, 0.2) is 0 Å². The fourth-order valence-corrected chi connectivity index (χ4v) is 1.80. The number of aryl methyl sites for hydroxylation is 1. The SMILES string of the molecule is CCc1ccc(CNC(=O)[C@H](COC)NC(C)=O)cc1. The Balaban J connectivity index is 2.52. The Morgan fingerprint density at radius 3 is 2.30 bits per heavy atom. The van der Waals surface area contributed by atoms with Crippen molar-refractivity contribution in [2.75, 3.05) is 13.7 Å². The Kier molecular flexibility index (Phi) is 6.73. The fourth-order valence-electron chi connectivity index (χ4n) is 1.80. The zero-order valence-electron chi connectivity index (χ0n) is 12.2. The van der Waals surface area contributed by atoms with Gasteiger partial charge >= 0.3 is 0 Å². The number of benzene rings is 1. The normalized spacial score (nSPS) is 11.8. The molecule has 1 atom stereocenters. The second-order valence-electron chi connectivity index (χ2n) is 4.60. The van der Waals surface area contributed by atoms with E-state index in [1.807, 2.05) is 24.3 Å². The van der Waals surface area contributed by atoms with Gasteiger partial charge in [-0.05, 0) is 17.5 Å². The second-order valence-corrected chi connectivity index (χ2v) is 4.60. The number of hydrogen-bond donors (Lipinski definition) is 2. The van der Waals surface area contributed by atoms with E-state index in [1.165, 1.54) is 19.6 Å². The van der Waals surface area contributed by atoms with Gasteiger partial charge in [0, 0.05) is 20.6 Å². The van der Waals surface area contributed by atoms with Crippen LogP contribution in [-0.2, 0) is 27.3 Å². The minimum Gasteiger partial charge on any atom is -0.382 e. The van der Waals surface area contributed by atoms with Gasteiger partial charge in [-0.3, -0.25) is 9.59 Å². The topological polar surface area (TPSA) is 67.4 Å². The zero-order valence-corrected chi connectivity index (χ0v) is 12.2. The van der Waals surface area contributed by atoms with Crippen LogP contribution in [0.15, 0.2) is 24.3 Å². The van der Waals surface area contributed by atoms with Crippen molar-refractivity contribution in [2.45, 2.75) is 32.9 Å². The van der Waals surface area contributed by atoms with Crippen molar-refractivity contribution in [1.29, 1.82) is 0 Å². The Labute approximate surface area is 119 Å². The molecule has 1 aromatic carbocycles. The summed E-state index contributed by atoms with van der Waals surface area (Å²) in [7, 11) is 1.49. The van der Waals surface area contributed by atoms with Gasteiger partial charge in [-0.25, -0.2) is 0 Å². The van der Waals surface area contributed by atoms with Crippen molar-refractivity contribution >= 4 is 11.8 Å². The van der Waals surface area contributed by atoms with Crippen LogP contribution in [0.25, 0.3) is 0 Å². The first-order valence-electron chi connectivity index (χ1n) is 6.68. The summed E-state index contributed by atoms with van der Waals surface area (Å²) in [4.78, 5) is 23.0. The van der Waals surface area contributed by atoms with Crippen LogP contribution in [0, 0.1) is 0 Å². The van der Waals surface area contributed by atoms with Crippen molar-refractivity contribution in [2.24, 2.45) is 0 Å². The lowest BCUT2D eigenvalue weighted by Crippen LogP contribution is -2.48. The summed E-state index contributed by atoms with van der Waals surface area (Å²) >= 11 is 0. The number of rotatable bonds is 7. The molecular formula is C15H22N2O3. The molecule has 0 radical (unpaired) electrons. The van der Waals surface area contributed by atoms with Crippen LogP contribution in [0.2, 0.25) is 0 Å². The molecule has 0 aromatic heterocycles. The molecule has 20 heavy (non-hydrogen) atoms. The molecular weight excluding hydrogens is 256 g/mol. The minimum absolute atomic E-state index is 0.153. The first kappa shape index (κ1) is 16.2. The van der Waals surface area contributed by atoms with E-state index in [0.717, 1.165) is 12.0 Å². The average molecular weight is 278 g/mol. The third kappa shape index (κ3) is 5.40. The van der Waals surface area contributed by atoms with Crippen LogP contribution in [0.1, 0.15) is 25.0 Å². The van der Waals surface area contributed by atoms with Gasteiger partial charge in [0.2, 0.25) is 11.8 Å². The van der Waals surface area contributed by atoms with Crippen molar-refractivity contribution in [3.05, 3.63) is 35.4 Å². The lowest BCUT2D eigenvalue weighted by molar-refractivity contribution is -0.129. The van der Waals surface area contributed by atoms with E-state index in [1.54, 1.807) is 0 Å². The summed E-state index contributed by atoms with van der Waals surface area (Å²) in [5.41, 5.74) is 2.28. The van der Waals surface area contributed by atoms with E-state index >= 15 is 0 Å². The summed E-state index contributed by atoms with van der Waals surface area (Å²) in [6.45, 7) is 4.06. The van der Waals surface area contributed by atoms with Crippen molar-refractivity contribution in [1.82, 2.24) is 10.6 Å². The number of hydrogen-bond acceptors (Lipinski definition) is 3. The highest BCUT2D eigenvalue weighted by Crippen LogP contribution is 2.04.